The number of nitrogens with two attached hydrogens (primary N) is 1. The quantitative estimate of drug-likeness (QED) is 0.887. The summed E-state index contributed by atoms with van der Waals surface area (Å²) in [4.78, 5) is 15.7. The number of para-hydroxylation sites is 1. The lowest BCUT2D eigenvalue weighted by Gasteiger charge is -2.21. The first kappa shape index (κ1) is 13.8. The Hall–Kier alpha value is -2.61. The molecule has 20 heavy (non-hydrogen) atoms. The zero-order valence-corrected chi connectivity index (χ0v) is 11.5. The molecule has 5 heteroatoms. The summed E-state index contributed by atoms with van der Waals surface area (Å²) in [6.45, 7) is 3.81. The fourth-order valence-corrected chi connectivity index (χ4v) is 1.73. The number of hydrogen-bond donors (Lipinski definition) is 2. The van der Waals surface area contributed by atoms with Crippen LogP contribution in [0.25, 0.3) is 10.9 Å². The molecule has 1 aromatic carbocycles. The van der Waals surface area contributed by atoms with Crippen LogP contribution in [0.5, 0.6) is 0 Å². The predicted octanol–water partition coefficient (Wildman–Crippen LogP) is 2.03. The Kier molecular flexibility index (Phi) is 3.57. The standard InChI is InChI=1S/C15H16N4O/c1-15(2,14(17)20)9-18-13-11(8-16)7-10-5-3-4-6-12(10)19-13/h3-7H,9H2,1-2H3,(H2,17,20)(H,18,19). The van der Waals surface area contributed by atoms with E-state index in [4.69, 9.17) is 5.73 Å². The number of nitrogens with zero attached hydrogens (tertiary/aromatic N) is 2. The Morgan fingerprint density at radius 3 is 2.80 bits per heavy atom. The molecule has 0 atom stereocenters. The van der Waals surface area contributed by atoms with Crippen LogP contribution in [0.3, 0.4) is 0 Å². The second-order valence-corrected chi connectivity index (χ2v) is 5.29. The lowest BCUT2D eigenvalue weighted by Crippen LogP contribution is -2.37. The molecule has 0 fully saturated rings. The van der Waals surface area contributed by atoms with E-state index in [-0.39, 0.29) is 0 Å². The Morgan fingerprint density at radius 1 is 1.45 bits per heavy atom. The number of carbonyl (C=O) groups excluding carboxylic acids is 1. The van der Waals surface area contributed by atoms with Crippen LogP contribution in [0.15, 0.2) is 30.3 Å². The monoisotopic (exact) mass is 268 g/mol. The van der Waals surface area contributed by atoms with Crippen LogP contribution in [-0.4, -0.2) is 17.4 Å². The van der Waals surface area contributed by atoms with E-state index in [9.17, 15) is 10.1 Å². The number of fused-ring (bicyclic) bond motifs is 1. The molecule has 0 saturated heterocycles. The number of pyridine rings is 1. The van der Waals surface area contributed by atoms with Gasteiger partial charge in [0.1, 0.15) is 11.9 Å². The lowest BCUT2D eigenvalue weighted by molar-refractivity contribution is -0.125. The minimum absolute atomic E-state index is 0.322. The van der Waals surface area contributed by atoms with Crippen molar-refractivity contribution in [3.05, 3.63) is 35.9 Å². The van der Waals surface area contributed by atoms with E-state index in [1.807, 2.05) is 24.3 Å². The van der Waals surface area contributed by atoms with Gasteiger partial charge in [-0.2, -0.15) is 5.26 Å². The van der Waals surface area contributed by atoms with Crippen LogP contribution in [0.4, 0.5) is 5.82 Å². The average Bonchev–Trinajstić information content (AvgIpc) is 2.43. The Bertz CT molecular complexity index is 701. The molecule has 1 heterocycles. The van der Waals surface area contributed by atoms with Gasteiger partial charge >= 0.3 is 0 Å². The molecule has 1 aromatic heterocycles. The lowest BCUT2D eigenvalue weighted by atomic mass is 9.93. The van der Waals surface area contributed by atoms with Gasteiger partial charge in [-0.05, 0) is 26.0 Å². The Balaban J connectivity index is 2.34. The van der Waals surface area contributed by atoms with Crippen molar-refractivity contribution >= 4 is 22.6 Å². The molecular weight excluding hydrogens is 252 g/mol. The van der Waals surface area contributed by atoms with Gasteiger partial charge in [0.15, 0.2) is 0 Å². The van der Waals surface area contributed by atoms with E-state index in [2.05, 4.69) is 16.4 Å². The van der Waals surface area contributed by atoms with Crippen molar-refractivity contribution in [2.24, 2.45) is 11.1 Å². The molecular formula is C15H16N4O. The molecule has 5 nitrogen and oxygen atoms in total. The molecule has 0 aliphatic heterocycles. The van der Waals surface area contributed by atoms with Crippen molar-refractivity contribution in [2.45, 2.75) is 13.8 Å². The zero-order valence-electron chi connectivity index (χ0n) is 11.5. The summed E-state index contributed by atoms with van der Waals surface area (Å²) in [6, 6.07) is 11.5. The van der Waals surface area contributed by atoms with Crippen LogP contribution in [0.2, 0.25) is 0 Å². The van der Waals surface area contributed by atoms with Crippen LogP contribution >= 0.6 is 0 Å². The van der Waals surface area contributed by atoms with E-state index in [1.165, 1.54) is 0 Å². The second-order valence-electron chi connectivity index (χ2n) is 5.29. The van der Waals surface area contributed by atoms with Crippen LogP contribution in [0.1, 0.15) is 19.4 Å². The number of benzene rings is 1. The molecule has 0 aliphatic carbocycles. The molecule has 0 bridgehead atoms. The average molecular weight is 268 g/mol. The molecule has 0 unspecified atom stereocenters. The normalized spacial score (nSPS) is 11.1. The van der Waals surface area contributed by atoms with Gasteiger partial charge in [-0.25, -0.2) is 4.98 Å². The number of primary amides is 1. The number of nitriles is 1. The van der Waals surface area contributed by atoms with Crippen LogP contribution < -0.4 is 11.1 Å². The molecule has 0 aliphatic rings. The summed E-state index contributed by atoms with van der Waals surface area (Å²) in [5.74, 6) is 0.0739. The number of carbonyl (C=O) groups is 1. The zero-order chi connectivity index (χ0) is 14.8. The molecule has 3 N–H and O–H groups in total. The maximum Gasteiger partial charge on any atom is 0.224 e. The fourth-order valence-electron chi connectivity index (χ4n) is 1.73. The van der Waals surface area contributed by atoms with Gasteiger partial charge in [-0.3, -0.25) is 4.79 Å². The van der Waals surface area contributed by atoms with Gasteiger partial charge < -0.3 is 11.1 Å². The first-order valence-electron chi connectivity index (χ1n) is 6.28. The topological polar surface area (TPSA) is 91.8 Å². The highest BCUT2D eigenvalue weighted by Gasteiger charge is 2.25. The maximum absolute atomic E-state index is 11.3. The summed E-state index contributed by atoms with van der Waals surface area (Å²) in [5, 5.41) is 13.1. The Morgan fingerprint density at radius 2 is 2.15 bits per heavy atom. The summed E-state index contributed by atoms with van der Waals surface area (Å²) in [6.07, 6.45) is 0. The summed E-state index contributed by atoms with van der Waals surface area (Å²) >= 11 is 0. The fraction of sp³-hybridized carbons (Fsp3) is 0.267. The number of aromatic nitrogens is 1. The van der Waals surface area contributed by atoms with Crippen LogP contribution in [-0.2, 0) is 4.79 Å². The highest BCUT2D eigenvalue weighted by molar-refractivity contribution is 5.83. The number of nitrogens with one attached hydrogen (secondary N) is 1. The van der Waals surface area contributed by atoms with Crippen molar-refractivity contribution in [1.29, 1.82) is 5.26 Å². The second kappa shape index (κ2) is 5.17. The summed E-state index contributed by atoms with van der Waals surface area (Å²) < 4.78 is 0. The van der Waals surface area contributed by atoms with Gasteiger partial charge in [0.25, 0.3) is 0 Å². The van der Waals surface area contributed by atoms with Crippen molar-refractivity contribution < 1.29 is 4.79 Å². The van der Waals surface area contributed by atoms with E-state index in [1.54, 1.807) is 19.9 Å². The smallest absolute Gasteiger partial charge is 0.224 e. The first-order valence-corrected chi connectivity index (χ1v) is 6.28. The van der Waals surface area contributed by atoms with Crippen molar-refractivity contribution in [3.63, 3.8) is 0 Å². The number of rotatable bonds is 4. The number of hydrogen-bond acceptors (Lipinski definition) is 4. The van der Waals surface area contributed by atoms with Crippen molar-refractivity contribution in [1.82, 2.24) is 4.98 Å². The molecule has 0 saturated carbocycles. The highest BCUT2D eigenvalue weighted by Crippen LogP contribution is 2.22. The molecule has 102 valence electrons. The van der Waals surface area contributed by atoms with Crippen LogP contribution in [0, 0.1) is 16.7 Å². The van der Waals surface area contributed by atoms with Crippen molar-refractivity contribution in [2.75, 3.05) is 11.9 Å². The molecule has 0 radical (unpaired) electrons. The highest BCUT2D eigenvalue weighted by atomic mass is 16.1. The predicted molar refractivity (Wildman–Crippen MR) is 77.9 cm³/mol. The van der Waals surface area contributed by atoms with Gasteiger partial charge in [-0.15, -0.1) is 0 Å². The third-order valence-corrected chi connectivity index (χ3v) is 3.21. The van der Waals surface area contributed by atoms with Gasteiger partial charge in [0, 0.05) is 11.9 Å². The third-order valence-electron chi connectivity index (χ3n) is 3.21. The molecule has 2 aromatic rings. The summed E-state index contributed by atoms with van der Waals surface area (Å²) in [5.41, 5.74) is 5.87. The van der Waals surface area contributed by atoms with Gasteiger partial charge in [0.05, 0.1) is 16.5 Å². The number of anilines is 1. The Labute approximate surface area is 117 Å². The minimum Gasteiger partial charge on any atom is -0.369 e. The minimum atomic E-state index is -0.708. The van der Waals surface area contributed by atoms with E-state index >= 15 is 0 Å². The van der Waals surface area contributed by atoms with E-state index in [0.29, 0.717) is 17.9 Å². The van der Waals surface area contributed by atoms with E-state index in [0.717, 1.165) is 10.9 Å². The van der Waals surface area contributed by atoms with Gasteiger partial charge in [-0.1, -0.05) is 18.2 Å². The molecule has 2 rings (SSSR count). The SMILES string of the molecule is CC(C)(CNc1nc2ccccc2cc1C#N)C(N)=O. The van der Waals surface area contributed by atoms with E-state index < -0.39 is 11.3 Å². The summed E-state index contributed by atoms with van der Waals surface area (Å²) in [7, 11) is 0. The third kappa shape index (κ3) is 2.69. The maximum atomic E-state index is 11.3. The number of amides is 1. The first-order chi connectivity index (χ1) is 9.44. The molecule has 0 spiro atoms. The van der Waals surface area contributed by atoms with Crippen molar-refractivity contribution in [3.8, 4) is 6.07 Å². The van der Waals surface area contributed by atoms with Gasteiger partial charge in [0.2, 0.25) is 5.91 Å². The largest absolute Gasteiger partial charge is 0.369 e. The molecule has 1 amide bonds.